The molecule has 0 spiro atoms. The van der Waals surface area contributed by atoms with Gasteiger partial charge in [-0.1, -0.05) is 19.9 Å². The molecular weight excluding hydrogens is 288 g/mol. The third-order valence-corrected chi connectivity index (χ3v) is 5.14. The Hall–Kier alpha value is -1.72. The normalized spacial score (nSPS) is 11.3. The summed E-state index contributed by atoms with van der Waals surface area (Å²) in [5.41, 5.74) is 7.70. The summed E-state index contributed by atoms with van der Waals surface area (Å²) < 4.78 is 0. The van der Waals surface area contributed by atoms with E-state index in [9.17, 15) is 4.79 Å². The maximum Gasteiger partial charge on any atom is 0.215 e. The molecule has 0 aliphatic carbocycles. The molecule has 0 fully saturated rings. The lowest BCUT2D eigenvalue weighted by Gasteiger charge is -2.02. The Kier molecular flexibility index (Phi) is 3.31. The fourth-order valence-electron chi connectivity index (χ4n) is 2.02. The van der Waals surface area contributed by atoms with Gasteiger partial charge < -0.3 is 5.73 Å². The van der Waals surface area contributed by atoms with Gasteiger partial charge in [0.25, 0.3) is 0 Å². The predicted octanol–water partition coefficient (Wildman–Crippen LogP) is 4.29. The summed E-state index contributed by atoms with van der Waals surface area (Å²) in [7, 11) is 0. The summed E-state index contributed by atoms with van der Waals surface area (Å²) in [6, 6.07) is 7.64. The van der Waals surface area contributed by atoms with Gasteiger partial charge in [0.05, 0.1) is 10.6 Å². The highest BCUT2D eigenvalue weighted by Gasteiger charge is 2.19. The number of nitrogens with zero attached hydrogens (tertiary/aromatic N) is 1. The summed E-state index contributed by atoms with van der Waals surface area (Å²) in [5, 5.41) is 2.77. The van der Waals surface area contributed by atoms with Gasteiger partial charge in [-0.3, -0.25) is 4.79 Å². The fraction of sp³-hybridized carbons (Fsp3) is 0.200. The molecule has 3 heterocycles. The molecule has 0 saturated carbocycles. The average Bonchev–Trinajstić information content (AvgIpc) is 3.06. The minimum atomic E-state index is -0.00778. The number of ketones is 1. The van der Waals surface area contributed by atoms with Crippen molar-refractivity contribution in [3.05, 3.63) is 45.1 Å². The number of carbonyl (C=O) groups is 1. The molecule has 3 nitrogen and oxygen atoms in total. The van der Waals surface area contributed by atoms with Crippen molar-refractivity contribution in [2.24, 2.45) is 0 Å². The van der Waals surface area contributed by atoms with Gasteiger partial charge in [-0.2, -0.15) is 0 Å². The van der Waals surface area contributed by atoms with Crippen LogP contribution in [0.2, 0.25) is 0 Å². The zero-order chi connectivity index (χ0) is 14.3. The topological polar surface area (TPSA) is 56.0 Å². The third kappa shape index (κ3) is 2.13. The van der Waals surface area contributed by atoms with Crippen LogP contribution in [0.3, 0.4) is 0 Å². The van der Waals surface area contributed by atoms with Gasteiger partial charge in [0.15, 0.2) is 0 Å². The number of hydrogen-bond acceptors (Lipinski definition) is 5. The molecule has 20 heavy (non-hydrogen) atoms. The quantitative estimate of drug-likeness (QED) is 0.734. The van der Waals surface area contributed by atoms with Gasteiger partial charge in [-0.05, 0) is 29.5 Å². The van der Waals surface area contributed by atoms with E-state index < -0.39 is 0 Å². The minimum absolute atomic E-state index is 0.00778. The van der Waals surface area contributed by atoms with Crippen molar-refractivity contribution in [3.8, 4) is 0 Å². The van der Waals surface area contributed by atoms with Gasteiger partial charge in [-0.25, -0.2) is 4.98 Å². The van der Waals surface area contributed by atoms with Crippen LogP contribution >= 0.6 is 22.7 Å². The Labute approximate surface area is 125 Å². The van der Waals surface area contributed by atoms with Crippen LogP contribution in [0.1, 0.15) is 40.0 Å². The molecule has 3 aromatic heterocycles. The highest BCUT2D eigenvalue weighted by Crippen LogP contribution is 2.35. The third-order valence-electron chi connectivity index (χ3n) is 3.16. The number of nitrogen functional groups attached to an aromatic ring is 1. The van der Waals surface area contributed by atoms with Crippen molar-refractivity contribution < 1.29 is 4.79 Å². The predicted molar refractivity (Wildman–Crippen MR) is 85.9 cm³/mol. The smallest absolute Gasteiger partial charge is 0.215 e. The van der Waals surface area contributed by atoms with E-state index in [1.807, 2.05) is 29.6 Å². The number of pyridine rings is 1. The summed E-state index contributed by atoms with van der Waals surface area (Å²) in [6.07, 6.45) is 0. The van der Waals surface area contributed by atoms with Crippen molar-refractivity contribution in [1.29, 1.82) is 0 Å². The van der Waals surface area contributed by atoms with Gasteiger partial charge in [0, 0.05) is 11.1 Å². The van der Waals surface area contributed by atoms with E-state index in [2.05, 4.69) is 18.8 Å². The van der Waals surface area contributed by atoms with Crippen LogP contribution in [0.5, 0.6) is 0 Å². The molecule has 0 bridgehead atoms. The largest absolute Gasteiger partial charge is 0.397 e. The van der Waals surface area contributed by atoms with Crippen molar-refractivity contribution in [2.75, 3.05) is 5.73 Å². The summed E-state index contributed by atoms with van der Waals surface area (Å²) in [5.74, 6) is 0.353. The molecule has 0 amide bonds. The molecule has 0 atom stereocenters. The van der Waals surface area contributed by atoms with Crippen molar-refractivity contribution in [1.82, 2.24) is 4.98 Å². The molecule has 0 aliphatic heterocycles. The molecule has 0 aliphatic rings. The number of aromatic nitrogens is 1. The lowest BCUT2D eigenvalue weighted by Crippen LogP contribution is -1.99. The Balaban J connectivity index is 2.13. The van der Waals surface area contributed by atoms with Crippen LogP contribution in [0.25, 0.3) is 10.2 Å². The monoisotopic (exact) mass is 302 g/mol. The second-order valence-corrected chi connectivity index (χ2v) is 6.84. The lowest BCUT2D eigenvalue weighted by atomic mass is 10.1. The maximum absolute atomic E-state index is 12.4. The Morgan fingerprint density at radius 3 is 2.75 bits per heavy atom. The van der Waals surface area contributed by atoms with Crippen LogP contribution in [0, 0.1) is 0 Å². The number of hydrogen-bond donors (Lipinski definition) is 1. The standard InChI is InChI=1S/C15H14N2OS2/c1-8(2)10-6-5-9-12(16)14(20-15(9)17-10)13(18)11-4-3-7-19-11/h3-8H,16H2,1-2H3. The van der Waals surface area contributed by atoms with Crippen LogP contribution in [0.4, 0.5) is 5.69 Å². The zero-order valence-electron chi connectivity index (χ0n) is 11.2. The van der Waals surface area contributed by atoms with Crippen LogP contribution < -0.4 is 5.73 Å². The van der Waals surface area contributed by atoms with E-state index in [1.54, 1.807) is 0 Å². The van der Waals surface area contributed by atoms with Crippen LogP contribution in [0.15, 0.2) is 29.6 Å². The highest BCUT2D eigenvalue weighted by atomic mass is 32.1. The molecular formula is C15H14N2OS2. The van der Waals surface area contributed by atoms with E-state index in [0.29, 0.717) is 21.4 Å². The SMILES string of the molecule is CC(C)c1ccc2c(N)c(C(=O)c3cccs3)sc2n1. The first kappa shape index (κ1) is 13.3. The summed E-state index contributed by atoms with van der Waals surface area (Å²) in [6.45, 7) is 4.20. The van der Waals surface area contributed by atoms with Crippen LogP contribution in [-0.4, -0.2) is 10.8 Å². The molecule has 0 unspecified atom stereocenters. The Bertz CT molecular complexity index is 773. The average molecular weight is 302 g/mol. The molecule has 0 radical (unpaired) electrons. The second-order valence-electron chi connectivity index (χ2n) is 4.89. The molecule has 3 aromatic rings. The van der Waals surface area contributed by atoms with E-state index in [0.717, 1.165) is 15.9 Å². The van der Waals surface area contributed by atoms with Crippen molar-refractivity contribution >= 4 is 44.4 Å². The molecule has 2 N–H and O–H groups in total. The number of nitrogens with two attached hydrogens (primary N) is 1. The molecule has 3 rings (SSSR count). The maximum atomic E-state index is 12.4. The first-order valence-corrected chi connectivity index (χ1v) is 8.04. The van der Waals surface area contributed by atoms with Gasteiger partial charge in [-0.15, -0.1) is 22.7 Å². The van der Waals surface area contributed by atoms with E-state index in [1.165, 1.54) is 22.7 Å². The Morgan fingerprint density at radius 1 is 1.30 bits per heavy atom. The number of thiophene rings is 2. The van der Waals surface area contributed by atoms with Gasteiger partial charge in [0.2, 0.25) is 5.78 Å². The first-order valence-electron chi connectivity index (χ1n) is 6.35. The zero-order valence-corrected chi connectivity index (χ0v) is 12.8. The first-order chi connectivity index (χ1) is 9.58. The fourth-order valence-corrected chi connectivity index (χ4v) is 3.81. The van der Waals surface area contributed by atoms with Crippen molar-refractivity contribution in [3.63, 3.8) is 0 Å². The number of fused-ring (bicyclic) bond motifs is 1. The minimum Gasteiger partial charge on any atom is -0.397 e. The summed E-state index contributed by atoms with van der Waals surface area (Å²) >= 11 is 2.82. The highest BCUT2D eigenvalue weighted by molar-refractivity contribution is 7.22. The number of anilines is 1. The Morgan fingerprint density at radius 2 is 2.10 bits per heavy atom. The molecule has 5 heteroatoms. The van der Waals surface area contributed by atoms with Gasteiger partial charge in [0.1, 0.15) is 9.71 Å². The molecule has 0 saturated heterocycles. The van der Waals surface area contributed by atoms with Crippen molar-refractivity contribution in [2.45, 2.75) is 19.8 Å². The van der Waals surface area contributed by atoms with E-state index in [4.69, 9.17) is 5.73 Å². The van der Waals surface area contributed by atoms with E-state index >= 15 is 0 Å². The lowest BCUT2D eigenvalue weighted by molar-refractivity contribution is 0.104. The van der Waals surface area contributed by atoms with E-state index in [-0.39, 0.29) is 5.78 Å². The second kappa shape index (κ2) is 5.00. The number of carbonyl (C=O) groups excluding carboxylic acids is 1. The van der Waals surface area contributed by atoms with Crippen LogP contribution in [-0.2, 0) is 0 Å². The summed E-state index contributed by atoms with van der Waals surface area (Å²) in [4.78, 5) is 19.2. The number of rotatable bonds is 3. The molecule has 102 valence electrons. The van der Waals surface area contributed by atoms with Gasteiger partial charge >= 0.3 is 0 Å². The molecule has 0 aromatic carbocycles.